The molecule has 0 aliphatic carbocycles. The minimum Gasteiger partial charge on any atom is -0.507 e. The van der Waals surface area contributed by atoms with Gasteiger partial charge in [0.05, 0.1) is 5.56 Å². The summed E-state index contributed by atoms with van der Waals surface area (Å²) in [6.45, 7) is 2.15. The third-order valence-corrected chi connectivity index (χ3v) is 2.40. The van der Waals surface area contributed by atoms with Gasteiger partial charge in [0, 0.05) is 0 Å². The molecule has 0 aliphatic heterocycles. The van der Waals surface area contributed by atoms with Gasteiger partial charge in [-0.05, 0) is 30.5 Å². The lowest BCUT2D eigenvalue weighted by atomic mass is 10.0. The van der Waals surface area contributed by atoms with Crippen molar-refractivity contribution in [2.24, 2.45) is 5.73 Å². The molecular weight excluding hydrogens is 190 g/mol. The van der Waals surface area contributed by atoms with Crippen LogP contribution in [0.1, 0.15) is 42.1 Å². The molecule has 82 valence electrons. The van der Waals surface area contributed by atoms with Gasteiger partial charge in [0.25, 0.3) is 5.91 Å². The highest BCUT2D eigenvalue weighted by Gasteiger charge is 2.07. The molecule has 0 aromatic heterocycles. The zero-order valence-corrected chi connectivity index (χ0v) is 8.99. The van der Waals surface area contributed by atoms with Crippen LogP contribution in [-0.4, -0.2) is 11.0 Å². The van der Waals surface area contributed by atoms with E-state index in [1.165, 1.54) is 12.8 Å². The fraction of sp³-hybridized carbons (Fsp3) is 0.417. The van der Waals surface area contributed by atoms with Crippen LogP contribution in [0.2, 0.25) is 0 Å². The van der Waals surface area contributed by atoms with Crippen molar-refractivity contribution in [3.8, 4) is 5.75 Å². The Kier molecular flexibility index (Phi) is 4.16. The second-order valence-electron chi connectivity index (χ2n) is 3.67. The van der Waals surface area contributed by atoms with Crippen LogP contribution in [0.3, 0.4) is 0 Å². The quantitative estimate of drug-likeness (QED) is 0.727. The van der Waals surface area contributed by atoms with Crippen LogP contribution in [0.5, 0.6) is 5.75 Å². The van der Waals surface area contributed by atoms with E-state index in [9.17, 15) is 9.90 Å². The number of carbonyl (C=O) groups is 1. The first-order valence-electron chi connectivity index (χ1n) is 5.27. The number of aryl methyl sites for hydroxylation is 1. The van der Waals surface area contributed by atoms with Crippen LogP contribution in [-0.2, 0) is 6.42 Å². The summed E-state index contributed by atoms with van der Waals surface area (Å²) in [7, 11) is 0. The Bertz CT molecular complexity index is 347. The number of carbonyl (C=O) groups excluding carboxylic acids is 1. The smallest absolute Gasteiger partial charge is 0.252 e. The summed E-state index contributed by atoms with van der Waals surface area (Å²) < 4.78 is 0. The Morgan fingerprint density at radius 2 is 2.13 bits per heavy atom. The third kappa shape index (κ3) is 3.27. The lowest BCUT2D eigenvalue weighted by Crippen LogP contribution is -2.11. The Morgan fingerprint density at radius 1 is 1.40 bits per heavy atom. The third-order valence-electron chi connectivity index (χ3n) is 2.40. The summed E-state index contributed by atoms with van der Waals surface area (Å²) in [6.07, 6.45) is 4.38. The van der Waals surface area contributed by atoms with Crippen molar-refractivity contribution in [3.05, 3.63) is 29.3 Å². The second kappa shape index (κ2) is 5.39. The SMILES string of the molecule is CCCCCc1ccc(C(N)=O)c(O)c1. The first-order valence-corrected chi connectivity index (χ1v) is 5.27. The minimum atomic E-state index is -0.590. The standard InChI is InChI=1S/C12H17NO2/c1-2-3-4-5-9-6-7-10(12(13)15)11(14)8-9/h6-8,14H,2-5H2,1H3,(H2,13,15). The van der Waals surface area contributed by atoms with Crippen LogP contribution >= 0.6 is 0 Å². The predicted molar refractivity (Wildman–Crippen MR) is 59.9 cm³/mol. The Labute approximate surface area is 89.9 Å². The van der Waals surface area contributed by atoms with Crippen LogP contribution in [0, 0.1) is 0 Å². The van der Waals surface area contributed by atoms with Gasteiger partial charge in [-0.25, -0.2) is 0 Å². The largest absolute Gasteiger partial charge is 0.507 e. The van der Waals surface area contributed by atoms with E-state index >= 15 is 0 Å². The molecule has 1 rings (SSSR count). The summed E-state index contributed by atoms with van der Waals surface area (Å²) >= 11 is 0. The maximum atomic E-state index is 10.9. The number of nitrogens with two attached hydrogens (primary N) is 1. The number of primary amides is 1. The van der Waals surface area contributed by atoms with Crippen molar-refractivity contribution in [2.75, 3.05) is 0 Å². The molecule has 0 atom stereocenters. The van der Waals surface area contributed by atoms with Crippen LogP contribution < -0.4 is 5.73 Å². The first kappa shape index (κ1) is 11.6. The number of rotatable bonds is 5. The highest BCUT2D eigenvalue weighted by Crippen LogP contribution is 2.19. The summed E-state index contributed by atoms with van der Waals surface area (Å²) in [5.74, 6) is -0.607. The summed E-state index contributed by atoms with van der Waals surface area (Å²) in [4.78, 5) is 10.9. The molecule has 3 nitrogen and oxygen atoms in total. The molecule has 0 unspecified atom stereocenters. The lowest BCUT2D eigenvalue weighted by molar-refractivity contribution is 0.0998. The number of phenols is 1. The van der Waals surface area contributed by atoms with Gasteiger partial charge < -0.3 is 10.8 Å². The second-order valence-corrected chi connectivity index (χ2v) is 3.67. The average molecular weight is 207 g/mol. The molecular formula is C12H17NO2. The van der Waals surface area contributed by atoms with E-state index in [0.29, 0.717) is 0 Å². The molecule has 1 amide bonds. The van der Waals surface area contributed by atoms with Gasteiger partial charge in [-0.2, -0.15) is 0 Å². The summed E-state index contributed by atoms with van der Waals surface area (Å²) in [5, 5.41) is 9.52. The van der Waals surface area contributed by atoms with E-state index in [1.54, 1.807) is 12.1 Å². The topological polar surface area (TPSA) is 63.3 Å². The summed E-state index contributed by atoms with van der Waals surface area (Å²) in [5.41, 5.74) is 6.32. The van der Waals surface area contributed by atoms with Gasteiger partial charge in [0.15, 0.2) is 0 Å². The zero-order valence-electron chi connectivity index (χ0n) is 8.99. The molecule has 0 spiro atoms. The van der Waals surface area contributed by atoms with Crippen molar-refractivity contribution < 1.29 is 9.90 Å². The first-order chi connectivity index (χ1) is 7.15. The predicted octanol–water partition coefficient (Wildman–Crippen LogP) is 2.22. The normalized spacial score (nSPS) is 10.2. The molecule has 0 saturated carbocycles. The van der Waals surface area contributed by atoms with Crippen LogP contribution in [0.15, 0.2) is 18.2 Å². The molecule has 1 aromatic carbocycles. The fourth-order valence-electron chi connectivity index (χ4n) is 1.52. The fourth-order valence-corrected chi connectivity index (χ4v) is 1.52. The molecule has 1 aromatic rings. The van der Waals surface area contributed by atoms with Crippen LogP contribution in [0.4, 0.5) is 0 Å². The van der Waals surface area contributed by atoms with Gasteiger partial charge in [0.2, 0.25) is 0 Å². The number of hydrogen-bond acceptors (Lipinski definition) is 2. The van der Waals surface area contributed by atoms with Crippen molar-refractivity contribution >= 4 is 5.91 Å². The number of benzene rings is 1. The number of hydrogen-bond donors (Lipinski definition) is 2. The Hall–Kier alpha value is -1.51. The van der Waals surface area contributed by atoms with Gasteiger partial charge in [-0.3, -0.25) is 4.79 Å². The van der Waals surface area contributed by atoms with Crippen molar-refractivity contribution in [2.45, 2.75) is 32.6 Å². The number of aromatic hydroxyl groups is 1. The molecule has 0 heterocycles. The van der Waals surface area contributed by atoms with Gasteiger partial charge in [0.1, 0.15) is 5.75 Å². The molecule has 0 aliphatic rings. The molecule has 0 radical (unpaired) electrons. The number of unbranched alkanes of at least 4 members (excludes halogenated alkanes) is 2. The van der Waals surface area contributed by atoms with E-state index in [0.717, 1.165) is 18.4 Å². The highest BCUT2D eigenvalue weighted by atomic mass is 16.3. The van der Waals surface area contributed by atoms with Gasteiger partial charge in [-0.15, -0.1) is 0 Å². The molecule has 15 heavy (non-hydrogen) atoms. The van der Waals surface area contributed by atoms with E-state index in [2.05, 4.69) is 6.92 Å². The van der Waals surface area contributed by atoms with E-state index in [1.807, 2.05) is 6.07 Å². The molecule has 3 heteroatoms. The molecule has 0 saturated heterocycles. The molecule has 0 fully saturated rings. The van der Waals surface area contributed by atoms with Crippen molar-refractivity contribution in [1.82, 2.24) is 0 Å². The van der Waals surface area contributed by atoms with E-state index < -0.39 is 5.91 Å². The lowest BCUT2D eigenvalue weighted by Gasteiger charge is -2.04. The monoisotopic (exact) mass is 207 g/mol. The summed E-state index contributed by atoms with van der Waals surface area (Å²) in [6, 6.07) is 5.05. The zero-order chi connectivity index (χ0) is 11.3. The average Bonchev–Trinajstić information content (AvgIpc) is 2.17. The van der Waals surface area contributed by atoms with Crippen molar-refractivity contribution in [3.63, 3.8) is 0 Å². The van der Waals surface area contributed by atoms with Crippen molar-refractivity contribution in [1.29, 1.82) is 0 Å². The van der Waals surface area contributed by atoms with Crippen LogP contribution in [0.25, 0.3) is 0 Å². The van der Waals surface area contributed by atoms with E-state index in [-0.39, 0.29) is 11.3 Å². The maximum Gasteiger partial charge on any atom is 0.252 e. The molecule has 3 N–H and O–H groups in total. The Morgan fingerprint density at radius 3 is 2.67 bits per heavy atom. The highest BCUT2D eigenvalue weighted by molar-refractivity contribution is 5.95. The van der Waals surface area contributed by atoms with E-state index in [4.69, 9.17) is 5.73 Å². The van der Waals surface area contributed by atoms with Gasteiger partial charge >= 0.3 is 0 Å². The maximum absolute atomic E-state index is 10.9. The van der Waals surface area contributed by atoms with Gasteiger partial charge in [-0.1, -0.05) is 25.8 Å². The molecule has 0 bridgehead atoms. The number of amides is 1. The minimum absolute atomic E-state index is 0.0171. The Balaban J connectivity index is 2.69.